The van der Waals surface area contributed by atoms with Gasteiger partial charge in [-0.1, -0.05) is 17.4 Å². The molecule has 0 aliphatic carbocycles. The Bertz CT molecular complexity index is 1270. The van der Waals surface area contributed by atoms with E-state index < -0.39 is 44.4 Å². The number of nitrogens with one attached hydrogen (secondary N) is 1. The summed E-state index contributed by atoms with van der Waals surface area (Å²) >= 11 is 1.11. The zero-order chi connectivity index (χ0) is 24.3. The summed E-state index contributed by atoms with van der Waals surface area (Å²) in [7, 11) is -4.62. The first-order valence-corrected chi connectivity index (χ1v) is 11.7. The van der Waals surface area contributed by atoms with Crippen molar-refractivity contribution in [2.24, 2.45) is 0 Å². The number of nitrogens with zero attached hydrogens (tertiary/aromatic N) is 3. The molecule has 176 valence electrons. The number of alkyl halides is 3. The Labute approximate surface area is 186 Å². The molecule has 13 heteroatoms. The van der Waals surface area contributed by atoms with Crippen molar-refractivity contribution < 1.29 is 31.8 Å². The van der Waals surface area contributed by atoms with Crippen molar-refractivity contribution in [2.75, 3.05) is 6.54 Å². The van der Waals surface area contributed by atoms with Gasteiger partial charge < -0.3 is 10.2 Å². The van der Waals surface area contributed by atoms with Crippen molar-refractivity contribution in [3.63, 3.8) is 0 Å². The molecule has 0 fully saturated rings. The molecule has 0 amide bonds. The van der Waals surface area contributed by atoms with E-state index in [0.717, 1.165) is 23.5 Å². The van der Waals surface area contributed by atoms with Crippen LogP contribution in [-0.4, -0.2) is 45.4 Å². The SMILES string of the molecule is Cc1nc2sc(C(C)(C)O)nn2c1-c1ccc(C(F)(F)F)c(S(=O)(=O)NCC(C)(C)O)c1. The largest absolute Gasteiger partial charge is 0.417 e. The molecule has 8 nitrogen and oxygen atoms in total. The van der Waals surface area contributed by atoms with E-state index in [4.69, 9.17) is 0 Å². The van der Waals surface area contributed by atoms with E-state index in [9.17, 15) is 31.8 Å². The molecule has 3 rings (SSSR count). The minimum atomic E-state index is -4.92. The van der Waals surface area contributed by atoms with Crippen LogP contribution in [0.5, 0.6) is 0 Å². The minimum absolute atomic E-state index is 0.152. The molecule has 0 unspecified atom stereocenters. The summed E-state index contributed by atoms with van der Waals surface area (Å²) in [6.07, 6.45) is -4.92. The van der Waals surface area contributed by atoms with E-state index in [1.807, 2.05) is 4.72 Å². The summed E-state index contributed by atoms with van der Waals surface area (Å²) in [6, 6.07) is 2.75. The number of halogens is 3. The maximum atomic E-state index is 13.6. The highest BCUT2D eigenvalue weighted by Gasteiger charge is 2.38. The van der Waals surface area contributed by atoms with Gasteiger partial charge in [0, 0.05) is 12.1 Å². The lowest BCUT2D eigenvalue weighted by Gasteiger charge is -2.20. The lowest BCUT2D eigenvalue weighted by molar-refractivity contribution is -0.139. The summed E-state index contributed by atoms with van der Waals surface area (Å²) in [5, 5.41) is 24.7. The Kier molecular flexibility index (Phi) is 5.96. The predicted molar refractivity (Wildman–Crippen MR) is 113 cm³/mol. The zero-order valence-corrected chi connectivity index (χ0v) is 19.6. The second-order valence-corrected chi connectivity index (χ2v) is 11.2. The van der Waals surface area contributed by atoms with Gasteiger partial charge in [0.1, 0.15) is 10.6 Å². The summed E-state index contributed by atoms with van der Waals surface area (Å²) in [6.45, 7) is 6.87. The van der Waals surface area contributed by atoms with Crippen molar-refractivity contribution in [3.8, 4) is 11.3 Å². The quantitative estimate of drug-likeness (QED) is 0.487. The normalized spacial score (nSPS) is 13.8. The fraction of sp³-hybridized carbons (Fsp3) is 0.474. The number of aryl methyl sites for hydroxylation is 1. The molecule has 3 N–H and O–H groups in total. The minimum Gasteiger partial charge on any atom is -0.389 e. The number of hydrogen-bond acceptors (Lipinski definition) is 7. The van der Waals surface area contributed by atoms with Crippen molar-refractivity contribution in [3.05, 3.63) is 34.5 Å². The van der Waals surface area contributed by atoms with Gasteiger partial charge in [0.05, 0.1) is 27.4 Å². The first-order chi connectivity index (χ1) is 14.4. The number of aromatic nitrogens is 3. The van der Waals surface area contributed by atoms with Gasteiger partial charge in [0.25, 0.3) is 0 Å². The number of fused-ring (bicyclic) bond motifs is 1. The van der Waals surface area contributed by atoms with Crippen LogP contribution in [0.3, 0.4) is 0 Å². The number of aliphatic hydroxyl groups is 2. The summed E-state index contributed by atoms with van der Waals surface area (Å²) in [5.74, 6) is 0. The van der Waals surface area contributed by atoms with E-state index in [0.29, 0.717) is 27.4 Å². The van der Waals surface area contributed by atoms with Crippen LogP contribution < -0.4 is 4.72 Å². The molecule has 0 radical (unpaired) electrons. The number of hydrogen-bond donors (Lipinski definition) is 3. The van der Waals surface area contributed by atoms with Gasteiger partial charge in [-0.15, -0.1) is 0 Å². The maximum absolute atomic E-state index is 13.6. The number of benzene rings is 1. The number of sulfonamides is 1. The topological polar surface area (TPSA) is 117 Å². The highest BCUT2D eigenvalue weighted by Crippen LogP contribution is 2.38. The lowest BCUT2D eigenvalue weighted by Crippen LogP contribution is -2.38. The molecule has 0 saturated heterocycles. The molecular formula is C19H23F3N4O4S2. The zero-order valence-electron chi connectivity index (χ0n) is 17.9. The van der Waals surface area contributed by atoms with Crippen LogP contribution in [0.15, 0.2) is 23.1 Å². The average Bonchev–Trinajstić information content (AvgIpc) is 3.15. The molecule has 0 saturated carbocycles. The van der Waals surface area contributed by atoms with Crippen molar-refractivity contribution >= 4 is 26.3 Å². The third-order valence-electron chi connectivity index (χ3n) is 4.45. The molecule has 2 aromatic heterocycles. The van der Waals surface area contributed by atoms with Crippen LogP contribution in [0.4, 0.5) is 13.2 Å². The molecule has 1 aromatic carbocycles. The Hall–Kier alpha value is -2.06. The van der Waals surface area contributed by atoms with E-state index in [2.05, 4.69) is 10.1 Å². The van der Waals surface area contributed by atoms with Crippen LogP contribution in [0, 0.1) is 6.92 Å². The molecule has 32 heavy (non-hydrogen) atoms. The molecule has 2 heterocycles. The summed E-state index contributed by atoms with van der Waals surface area (Å²) in [4.78, 5) is 3.77. The molecule has 0 spiro atoms. The maximum Gasteiger partial charge on any atom is 0.417 e. The van der Waals surface area contributed by atoms with Crippen LogP contribution in [-0.2, 0) is 21.8 Å². The molecule has 3 aromatic rings. The van der Waals surface area contributed by atoms with Gasteiger partial charge >= 0.3 is 6.18 Å². The Morgan fingerprint density at radius 3 is 2.31 bits per heavy atom. The molecular weight excluding hydrogens is 469 g/mol. The van der Waals surface area contributed by atoms with Crippen LogP contribution in [0.2, 0.25) is 0 Å². The van der Waals surface area contributed by atoms with Gasteiger partial charge in [-0.2, -0.15) is 18.3 Å². The average molecular weight is 493 g/mol. The summed E-state index contributed by atoms with van der Waals surface area (Å²) in [5.41, 5.74) is -3.17. The van der Waals surface area contributed by atoms with E-state index in [-0.39, 0.29) is 5.56 Å². The first-order valence-electron chi connectivity index (χ1n) is 9.43. The number of rotatable bonds is 6. The monoisotopic (exact) mass is 492 g/mol. The fourth-order valence-electron chi connectivity index (χ4n) is 2.90. The van der Waals surface area contributed by atoms with E-state index in [1.165, 1.54) is 32.2 Å². The molecule has 0 aliphatic heterocycles. The summed E-state index contributed by atoms with van der Waals surface area (Å²) < 4.78 is 69.7. The van der Waals surface area contributed by atoms with Crippen LogP contribution in [0.25, 0.3) is 16.2 Å². The molecule has 0 bridgehead atoms. The van der Waals surface area contributed by atoms with Crippen LogP contribution in [0.1, 0.15) is 44.0 Å². The highest BCUT2D eigenvalue weighted by molar-refractivity contribution is 7.89. The van der Waals surface area contributed by atoms with Crippen LogP contribution >= 0.6 is 11.3 Å². The van der Waals surface area contributed by atoms with E-state index in [1.54, 1.807) is 6.92 Å². The Morgan fingerprint density at radius 1 is 1.16 bits per heavy atom. The van der Waals surface area contributed by atoms with Crippen molar-refractivity contribution in [2.45, 2.75) is 56.9 Å². The molecule has 0 atom stereocenters. The Morgan fingerprint density at radius 2 is 1.78 bits per heavy atom. The molecule has 0 aliphatic rings. The lowest BCUT2D eigenvalue weighted by atomic mass is 10.1. The van der Waals surface area contributed by atoms with E-state index >= 15 is 0 Å². The Balaban J connectivity index is 2.21. The fourth-order valence-corrected chi connectivity index (χ4v) is 5.30. The smallest absolute Gasteiger partial charge is 0.389 e. The third kappa shape index (κ3) is 4.96. The van der Waals surface area contributed by atoms with Gasteiger partial charge in [0.2, 0.25) is 15.0 Å². The highest BCUT2D eigenvalue weighted by atomic mass is 32.2. The second kappa shape index (κ2) is 7.76. The first kappa shape index (κ1) is 24.6. The number of imidazole rings is 1. The third-order valence-corrected chi connectivity index (χ3v) is 7.11. The standard InChI is InChI=1S/C19H23F3N4O4S2/c1-10-14(26-16(24-10)31-15(25-26)18(4,5)28)11-6-7-12(19(20,21)22)13(8-11)32(29,30)23-9-17(2,3)27/h6-8,23,27-28H,9H2,1-5H3. The van der Waals surface area contributed by atoms with Gasteiger partial charge in [-0.3, -0.25) is 0 Å². The van der Waals surface area contributed by atoms with Gasteiger partial charge in [-0.05, 0) is 46.8 Å². The second-order valence-electron chi connectivity index (χ2n) is 8.55. The van der Waals surface area contributed by atoms with Crippen molar-refractivity contribution in [1.82, 2.24) is 19.3 Å². The van der Waals surface area contributed by atoms with Gasteiger partial charge in [-0.25, -0.2) is 22.6 Å². The predicted octanol–water partition coefficient (Wildman–Crippen LogP) is 3.06. The van der Waals surface area contributed by atoms with Crippen molar-refractivity contribution in [1.29, 1.82) is 0 Å². The van der Waals surface area contributed by atoms with Gasteiger partial charge in [0.15, 0.2) is 0 Å².